The molecule has 0 aliphatic heterocycles. The molecule has 0 amide bonds. The third-order valence-electron chi connectivity index (χ3n) is 5.88. The van der Waals surface area contributed by atoms with Crippen molar-refractivity contribution in [2.75, 3.05) is 0 Å². The van der Waals surface area contributed by atoms with Crippen molar-refractivity contribution in [3.8, 4) is 0 Å². The molecule has 0 saturated carbocycles. The first-order chi connectivity index (χ1) is 16.6. The number of halogens is 6. The lowest BCUT2D eigenvalue weighted by atomic mass is 9.64. The summed E-state index contributed by atoms with van der Waals surface area (Å²) in [6, 6.07) is 0. The van der Waals surface area contributed by atoms with Gasteiger partial charge in [-0.15, -0.1) is 0 Å². The molecule has 14 heteroatoms. The fourth-order valence-corrected chi connectivity index (χ4v) is 5.41. The minimum atomic E-state index is -6.16. The van der Waals surface area contributed by atoms with Gasteiger partial charge in [-0.25, -0.2) is 0 Å². The van der Waals surface area contributed by atoms with Crippen molar-refractivity contribution in [1.82, 2.24) is 0 Å². The number of rotatable bonds is 5. The van der Waals surface area contributed by atoms with Crippen molar-refractivity contribution in [2.24, 2.45) is 23.7 Å². The van der Waals surface area contributed by atoms with Gasteiger partial charge in [-0.3, -0.25) is 0 Å². The van der Waals surface area contributed by atoms with Crippen LogP contribution >= 0.6 is 0 Å². The van der Waals surface area contributed by atoms with Crippen LogP contribution in [0.1, 0.15) is 0 Å². The normalized spacial score (nSPS) is 27.8. The summed E-state index contributed by atoms with van der Waals surface area (Å²) in [6.45, 7) is 0. The Kier molecular flexibility index (Phi) is 6.40. The molecule has 0 aromatic carbocycles. The number of alkyl halides is 6. The maximum Gasteiger partial charge on any atom is 0.534 e. The zero-order valence-corrected chi connectivity index (χ0v) is 19.4. The summed E-state index contributed by atoms with van der Waals surface area (Å²) in [5.74, 6) is -5.97. The van der Waals surface area contributed by atoms with E-state index in [9.17, 15) is 43.2 Å². The largest absolute Gasteiger partial charge is 0.534 e. The predicted octanol–water partition coefficient (Wildman–Crippen LogP) is 5.08. The summed E-state index contributed by atoms with van der Waals surface area (Å²) < 4.78 is 135. The van der Waals surface area contributed by atoms with E-state index in [0.717, 1.165) is 12.2 Å². The Bertz CT molecular complexity index is 1300. The molecular formula is C22H16F6O6S2. The van der Waals surface area contributed by atoms with Gasteiger partial charge in [0.15, 0.2) is 0 Å². The molecule has 4 aliphatic carbocycles. The third-order valence-corrected chi connectivity index (χ3v) is 7.84. The van der Waals surface area contributed by atoms with E-state index in [2.05, 4.69) is 8.37 Å². The van der Waals surface area contributed by atoms with E-state index in [1.54, 1.807) is 24.3 Å². The molecule has 194 valence electrons. The Morgan fingerprint density at radius 1 is 0.583 bits per heavy atom. The first-order valence-corrected chi connectivity index (χ1v) is 13.0. The topological polar surface area (TPSA) is 86.7 Å². The Hall–Kier alpha value is -3.00. The molecule has 0 radical (unpaired) electrons. The van der Waals surface area contributed by atoms with Crippen molar-refractivity contribution in [3.63, 3.8) is 0 Å². The summed E-state index contributed by atoms with van der Waals surface area (Å²) in [6.07, 6.45) is 17.0. The van der Waals surface area contributed by atoms with Crippen molar-refractivity contribution in [2.45, 2.75) is 11.0 Å². The molecule has 0 unspecified atom stereocenters. The third kappa shape index (κ3) is 4.71. The van der Waals surface area contributed by atoms with Crippen molar-refractivity contribution in [1.29, 1.82) is 0 Å². The van der Waals surface area contributed by atoms with Crippen LogP contribution in [0.5, 0.6) is 0 Å². The van der Waals surface area contributed by atoms with Gasteiger partial charge in [0.2, 0.25) is 0 Å². The summed E-state index contributed by atoms with van der Waals surface area (Å²) in [5.41, 5.74) is -10.6. The molecule has 36 heavy (non-hydrogen) atoms. The van der Waals surface area contributed by atoms with E-state index >= 15 is 0 Å². The van der Waals surface area contributed by atoms with Gasteiger partial charge in [0.25, 0.3) is 0 Å². The molecule has 4 atom stereocenters. The Labute approximate surface area is 202 Å². The predicted molar refractivity (Wildman–Crippen MR) is 115 cm³/mol. The van der Waals surface area contributed by atoms with Crippen molar-refractivity contribution in [3.05, 3.63) is 95.6 Å². The maximum atomic E-state index is 13.1. The van der Waals surface area contributed by atoms with E-state index in [1.165, 1.54) is 36.5 Å². The average molecular weight is 554 g/mol. The number of fused-ring (bicyclic) bond motifs is 2. The summed E-state index contributed by atoms with van der Waals surface area (Å²) in [7, 11) is -12.3. The van der Waals surface area contributed by atoms with Crippen molar-refractivity contribution < 1.29 is 51.5 Å². The van der Waals surface area contributed by atoms with Crippen LogP contribution in [0.25, 0.3) is 0 Å². The Morgan fingerprint density at radius 2 is 0.944 bits per heavy atom. The van der Waals surface area contributed by atoms with Crippen LogP contribution in [-0.2, 0) is 28.6 Å². The molecule has 0 aromatic heterocycles. The van der Waals surface area contributed by atoms with Gasteiger partial charge in [0.05, 0.1) is 0 Å². The second-order valence-corrected chi connectivity index (χ2v) is 11.1. The quantitative estimate of drug-likeness (QED) is 0.268. The molecule has 0 spiro atoms. The first kappa shape index (κ1) is 26.1. The molecule has 4 rings (SSSR count). The fraction of sp³-hybridized carbons (Fsp3) is 0.273. The Balaban J connectivity index is 1.86. The van der Waals surface area contributed by atoms with Gasteiger partial charge in [0, 0.05) is 23.7 Å². The standard InChI is InChI=1S/C22H16F6O6S2/c23-21(24,25)35(29,30)33-17-11-9-13-5-1-3-7-15(13)19(17)20-16-8-4-2-6-14(16)10-12-18(20)34-36(31,32)22(26,27)28/h1-12,15-16,19-20H/t15-,16-,19-,20+/m1/s1. The van der Waals surface area contributed by atoms with Crippen LogP contribution in [-0.4, -0.2) is 27.9 Å². The fourth-order valence-electron chi connectivity index (χ4n) is 4.38. The summed E-state index contributed by atoms with van der Waals surface area (Å²) in [4.78, 5) is 0. The van der Waals surface area contributed by atoms with Crippen LogP contribution in [0, 0.1) is 23.7 Å². The van der Waals surface area contributed by atoms with E-state index in [4.69, 9.17) is 0 Å². The SMILES string of the molecule is O=S(=O)(OC1=CC=C2C=CC=C[C@H]2[C@H]1[C@@H]1C(OS(=O)(=O)C(F)(F)F)=CC=C2C=CC=C[C@H]21)C(F)(F)F. The molecule has 4 aliphatic rings. The second kappa shape index (κ2) is 8.83. The van der Waals surface area contributed by atoms with Crippen LogP contribution in [0.15, 0.2) is 95.6 Å². The van der Waals surface area contributed by atoms with E-state index < -0.39 is 66.4 Å². The molecule has 6 nitrogen and oxygen atoms in total. The average Bonchev–Trinajstić information content (AvgIpc) is 2.77. The number of hydrogen-bond acceptors (Lipinski definition) is 6. The lowest BCUT2D eigenvalue weighted by Gasteiger charge is -2.42. The molecular weight excluding hydrogens is 538 g/mol. The monoisotopic (exact) mass is 554 g/mol. The van der Waals surface area contributed by atoms with Crippen LogP contribution in [0.3, 0.4) is 0 Å². The van der Waals surface area contributed by atoms with Crippen LogP contribution in [0.2, 0.25) is 0 Å². The zero-order valence-electron chi connectivity index (χ0n) is 17.8. The van der Waals surface area contributed by atoms with E-state index in [-0.39, 0.29) is 0 Å². The molecule has 0 N–H and O–H groups in total. The van der Waals surface area contributed by atoms with E-state index in [1.807, 2.05) is 0 Å². The second-order valence-electron chi connectivity index (χ2n) is 8.03. The van der Waals surface area contributed by atoms with Gasteiger partial charge >= 0.3 is 31.3 Å². The van der Waals surface area contributed by atoms with Crippen LogP contribution < -0.4 is 0 Å². The Morgan fingerprint density at radius 3 is 1.28 bits per heavy atom. The highest BCUT2D eigenvalue weighted by Gasteiger charge is 2.54. The zero-order chi connectivity index (χ0) is 26.5. The maximum absolute atomic E-state index is 13.1. The molecule has 0 fully saturated rings. The lowest BCUT2D eigenvalue weighted by Crippen LogP contribution is -2.39. The summed E-state index contributed by atoms with van der Waals surface area (Å²) in [5, 5.41) is 0. The minimum Gasteiger partial charge on any atom is -0.380 e. The number of hydrogen-bond donors (Lipinski definition) is 0. The minimum absolute atomic E-state index is 0.490. The van der Waals surface area contributed by atoms with Gasteiger partial charge in [0.1, 0.15) is 11.5 Å². The smallest absolute Gasteiger partial charge is 0.380 e. The molecule has 0 heterocycles. The molecule has 0 saturated heterocycles. The highest BCUT2D eigenvalue weighted by atomic mass is 32.2. The van der Waals surface area contributed by atoms with Crippen molar-refractivity contribution >= 4 is 20.2 Å². The summed E-state index contributed by atoms with van der Waals surface area (Å²) >= 11 is 0. The molecule has 0 bridgehead atoms. The van der Waals surface area contributed by atoms with Gasteiger partial charge in [-0.05, 0) is 23.3 Å². The highest BCUT2D eigenvalue weighted by molar-refractivity contribution is 7.88. The van der Waals surface area contributed by atoms with Gasteiger partial charge in [-0.1, -0.05) is 60.8 Å². The lowest BCUT2D eigenvalue weighted by molar-refractivity contribution is -0.0546. The molecule has 0 aromatic rings. The van der Waals surface area contributed by atoms with Crippen LogP contribution in [0.4, 0.5) is 26.3 Å². The van der Waals surface area contributed by atoms with Gasteiger partial charge in [-0.2, -0.15) is 43.2 Å². The number of allylic oxidation sites excluding steroid dienone is 16. The highest BCUT2D eigenvalue weighted by Crippen LogP contribution is 2.51. The van der Waals surface area contributed by atoms with E-state index in [0.29, 0.717) is 11.1 Å². The van der Waals surface area contributed by atoms with Gasteiger partial charge < -0.3 is 8.37 Å². The first-order valence-electron chi connectivity index (χ1n) is 10.2.